The maximum absolute atomic E-state index is 12.7. The standard InChI is InChI=1S/C19H26N2O3/c1-12(20)13-4-6-21(7-5-13)19(22)16-11-15(16)14-2-3-17-18(10-14)24-9-8-23-17/h2-3,10,12-13,15-16H,4-9,11,20H2,1H3. The van der Waals surface area contributed by atoms with Gasteiger partial charge in [-0.15, -0.1) is 0 Å². The van der Waals surface area contributed by atoms with E-state index in [-0.39, 0.29) is 12.0 Å². The molecule has 1 aliphatic carbocycles. The van der Waals surface area contributed by atoms with Crippen LogP contribution in [0.5, 0.6) is 11.5 Å². The van der Waals surface area contributed by atoms with E-state index in [4.69, 9.17) is 15.2 Å². The number of fused-ring (bicyclic) bond motifs is 1. The molecule has 1 aromatic carbocycles. The molecule has 3 atom stereocenters. The van der Waals surface area contributed by atoms with Crippen molar-refractivity contribution in [2.45, 2.75) is 38.1 Å². The molecular weight excluding hydrogens is 304 g/mol. The molecule has 1 saturated heterocycles. The van der Waals surface area contributed by atoms with Crippen LogP contribution in [0.2, 0.25) is 0 Å². The second kappa shape index (κ2) is 6.28. The van der Waals surface area contributed by atoms with Crippen molar-refractivity contribution in [3.63, 3.8) is 0 Å². The summed E-state index contributed by atoms with van der Waals surface area (Å²) in [5, 5.41) is 0. The second-order valence-electron chi connectivity index (χ2n) is 7.37. The first kappa shape index (κ1) is 15.8. The number of benzene rings is 1. The van der Waals surface area contributed by atoms with Crippen LogP contribution >= 0.6 is 0 Å². The predicted molar refractivity (Wildman–Crippen MR) is 91.2 cm³/mol. The normalized spacial score (nSPS) is 27.7. The Hall–Kier alpha value is -1.75. The Bertz CT molecular complexity index is 623. The van der Waals surface area contributed by atoms with Gasteiger partial charge in [0.25, 0.3) is 0 Å². The fourth-order valence-electron chi connectivity index (χ4n) is 4.01. The SMILES string of the molecule is CC(N)C1CCN(C(=O)C2CC2c2ccc3c(c2)OCCO3)CC1. The highest BCUT2D eigenvalue weighted by Crippen LogP contribution is 2.50. The lowest BCUT2D eigenvalue weighted by Gasteiger charge is -2.34. The van der Waals surface area contributed by atoms with E-state index in [1.165, 1.54) is 5.56 Å². The van der Waals surface area contributed by atoms with Gasteiger partial charge in [0.15, 0.2) is 11.5 Å². The van der Waals surface area contributed by atoms with Crippen LogP contribution in [0.25, 0.3) is 0 Å². The molecule has 0 bridgehead atoms. The third-order valence-corrected chi connectivity index (χ3v) is 5.70. The van der Waals surface area contributed by atoms with E-state index in [0.717, 1.165) is 43.9 Å². The zero-order valence-corrected chi connectivity index (χ0v) is 14.2. The molecule has 130 valence electrons. The van der Waals surface area contributed by atoms with Crippen molar-refractivity contribution in [2.75, 3.05) is 26.3 Å². The fraction of sp³-hybridized carbons (Fsp3) is 0.632. The minimum absolute atomic E-state index is 0.138. The minimum atomic E-state index is 0.138. The van der Waals surface area contributed by atoms with Gasteiger partial charge in [0.1, 0.15) is 13.2 Å². The quantitative estimate of drug-likeness (QED) is 0.922. The molecule has 4 rings (SSSR count). The monoisotopic (exact) mass is 330 g/mol. The van der Waals surface area contributed by atoms with E-state index < -0.39 is 0 Å². The first-order valence-electron chi connectivity index (χ1n) is 9.07. The van der Waals surface area contributed by atoms with Crippen molar-refractivity contribution in [2.24, 2.45) is 17.6 Å². The molecule has 2 heterocycles. The lowest BCUT2D eigenvalue weighted by Crippen LogP contribution is -2.43. The predicted octanol–water partition coefficient (Wildman–Crippen LogP) is 2.15. The van der Waals surface area contributed by atoms with E-state index in [1.807, 2.05) is 11.0 Å². The number of nitrogens with two attached hydrogens (primary N) is 1. The lowest BCUT2D eigenvalue weighted by atomic mass is 9.91. The summed E-state index contributed by atoms with van der Waals surface area (Å²) in [4.78, 5) is 14.8. The summed E-state index contributed by atoms with van der Waals surface area (Å²) in [6, 6.07) is 6.33. The largest absolute Gasteiger partial charge is 0.486 e. The van der Waals surface area contributed by atoms with Crippen LogP contribution in [-0.4, -0.2) is 43.2 Å². The molecule has 0 aromatic heterocycles. The van der Waals surface area contributed by atoms with Crippen molar-refractivity contribution >= 4 is 5.91 Å². The highest BCUT2D eigenvalue weighted by Gasteiger charge is 2.46. The van der Waals surface area contributed by atoms with Gasteiger partial charge in [-0.3, -0.25) is 4.79 Å². The summed E-state index contributed by atoms with van der Waals surface area (Å²) in [6.07, 6.45) is 3.02. The number of likely N-dealkylation sites (tertiary alicyclic amines) is 1. The van der Waals surface area contributed by atoms with Crippen LogP contribution in [0.15, 0.2) is 18.2 Å². The number of carbonyl (C=O) groups is 1. The molecule has 0 spiro atoms. The van der Waals surface area contributed by atoms with Gasteiger partial charge in [0.2, 0.25) is 5.91 Å². The summed E-state index contributed by atoms with van der Waals surface area (Å²) >= 11 is 0. The van der Waals surface area contributed by atoms with Crippen molar-refractivity contribution in [3.05, 3.63) is 23.8 Å². The minimum Gasteiger partial charge on any atom is -0.486 e. The number of amides is 1. The lowest BCUT2D eigenvalue weighted by molar-refractivity contribution is -0.134. The molecular formula is C19H26N2O3. The molecule has 5 heteroatoms. The smallest absolute Gasteiger partial charge is 0.226 e. The molecule has 2 aliphatic heterocycles. The molecule has 1 aromatic rings. The van der Waals surface area contributed by atoms with Crippen molar-refractivity contribution < 1.29 is 14.3 Å². The molecule has 1 saturated carbocycles. The van der Waals surface area contributed by atoms with Crippen LogP contribution < -0.4 is 15.2 Å². The van der Waals surface area contributed by atoms with Crippen LogP contribution in [0.1, 0.15) is 37.7 Å². The van der Waals surface area contributed by atoms with E-state index in [2.05, 4.69) is 19.1 Å². The summed E-state index contributed by atoms with van der Waals surface area (Å²) in [7, 11) is 0. The third-order valence-electron chi connectivity index (χ3n) is 5.70. The topological polar surface area (TPSA) is 64.8 Å². The third kappa shape index (κ3) is 2.97. The Kier molecular flexibility index (Phi) is 4.12. The summed E-state index contributed by atoms with van der Waals surface area (Å²) < 4.78 is 11.2. The van der Waals surface area contributed by atoms with Gasteiger partial charge in [0, 0.05) is 25.0 Å². The first-order chi connectivity index (χ1) is 11.6. The Labute approximate surface area is 143 Å². The number of piperidine rings is 1. The number of ether oxygens (including phenoxy) is 2. The van der Waals surface area contributed by atoms with E-state index in [0.29, 0.717) is 31.0 Å². The van der Waals surface area contributed by atoms with Gasteiger partial charge in [-0.05, 0) is 55.7 Å². The zero-order valence-electron chi connectivity index (χ0n) is 14.2. The Morgan fingerprint density at radius 3 is 2.62 bits per heavy atom. The second-order valence-corrected chi connectivity index (χ2v) is 7.37. The van der Waals surface area contributed by atoms with Gasteiger partial charge in [-0.25, -0.2) is 0 Å². The Morgan fingerprint density at radius 2 is 1.92 bits per heavy atom. The number of carbonyl (C=O) groups excluding carboxylic acids is 1. The maximum Gasteiger partial charge on any atom is 0.226 e. The van der Waals surface area contributed by atoms with Gasteiger partial charge >= 0.3 is 0 Å². The summed E-state index contributed by atoms with van der Waals surface area (Å²) in [5.41, 5.74) is 7.19. The fourth-order valence-corrected chi connectivity index (χ4v) is 4.01. The van der Waals surface area contributed by atoms with Crippen LogP contribution in [-0.2, 0) is 4.79 Å². The maximum atomic E-state index is 12.7. The molecule has 0 radical (unpaired) electrons. The molecule has 5 nitrogen and oxygen atoms in total. The molecule has 2 fully saturated rings. The van der Waals surface area contributed by atoms with Crippen molar-refractivity contribution in [1.82, 2.24) is 4.90 Å². The van der Waals surface area contributed by atoms with Crippen LogP contribution in [0, 0.1) is 11.8 Å². The Morgan fingerprint density at radius 1 is 1.21 bits per heavy atom. The van der Waals surface area contributed by atoms with Crippen molar-refractivity contribution in [1.29, 1.82) is 0 Å². The van der Waals surface area contributed by atoms with E-state index in [9.17, 15) is 4.79 Å². The molecule has 2 N–H and O–H groups in total. The van der Waals surface area contributed by atoms with Gasteiger partial charge < -0.3 is 20.1 Å². The van der Waals surface area contributed by atoms with Gasteiger partial charge in [-0.2, -0.15) is 0 Å². The average molecular weight is 330 g/mol. The number of nitrogens with zero attached hydrogens (tertiary/aromatic N) is 1. The highest BCUT2D eigenvalue weighted by molar-refractivity contribution is 5.83. The molecule has 1 amide bonds. The first-order valence-corrected chi connectivity index (χ1v) is 9.07. The van der Waals surface area contributed by atoms with Crippen LogP contribution in [0.4, 0.5) is 0 Å². The Balaban J connectivity index is 1.37. The van der Waals surface area contributed by atoms with E-state index in [1.54, 1.807) is 0 Å². The summed E-state index contributed by atoms with van der Waals surface area (Å²) in [6.45, 7) is 4.98. The molecule has 3 aliphatic rings. The van der Waals surface area contributed by atoms with E-state index >= 15 is 0 Å². The van der Waals surface area contributed by atoms with Crippen molar-refractivity contribution in [3.8, 4) is 11.5 Å². The number of rotatable bonds is 3. The van der Waals surface area contributed by atoms with Gasteiger partial charge in [0.05, 0.1) is 0 Å². The summed E-state index contributed by atoms with van der Waals surface area (Å²) in [5.74, 6) is 2.97. The number of hydrogen-bond donors (Lipinski definition) is 1. The molecule has 3 unspecified atom stereocenters. The number of hydrogen-bond acceptors (Lipinski definition) is 4. The van der Waals surface area contributed by atoms with Crippen LogP contribution in [0.3, 0.4) is 0 Å². The highest BCUT2D eigenvalue weighted by atomic mass is 16.6. The zero-order chi connectivity index (χ0) is 16.7. The van der Waals surface area contributed by atoms with Gasteiger partial charge in [-0.1, -0.05) is 6.07 Å². The average Bonchev–Trinajstić information content (AvgIpc) is 3.41. The molecule has 24 heavy (non-hydrogen) atoms.